The van der Waals surface area contributed by atoms with E-state index in [1.165, 1.54) is 6.42 Å². The van der Waals surface area contributed by atoms with Gasteiger partial charge in [-0.2, -0.15) is 0 Å². The van der Waals surface area contributed by atoms with Crippen LogP contribution in [-0.4, -0.2) is 47.8 Å². The minimum Gasteiger partial charge on any atom is -0.394 e. The third kappa shape index (κ3) is 1.26. The van der Waals surface area contributed by atoms with E-state index in [2.05, 4.69) is 17.1 Å². The summed E-state index contributed by atoms with van der Waals surface area (Å²) in [6, 6.07) is 0.630. The van der Waals surface area contributed by atoms with Gasteiger partial charge in [-0.05, 0) is 19.4 Å². The maximum atomic E-state index is 9.29. The van der Waals surface area contributed by atoms with Crippen LogP contribution in [-0.2, 0) is 0 Å². The second kappa shape index (κ2) is 2.98. The van der Waals surface area contributed by atoms with Crippen LogP contribution in [0, 0.1) is 0 Å². The molecule has 2 aliphatic heterocycles. The molecule has 2 bridgehead atoms. The maximum absolute atomic E-state index is 9.29. The molecule has 2 heterocycles. The Kier molecular flexibility index (Phi) is 2.10. The van der Waals surface area contributed by atoms with Crippen molar-refractivity contribution in [2.24, 2.45) is 0 Å². The molecule has 0 aromatic heterocycles. The van der Waals surface area contributed by atoms with Crippen LogP contribution >= 0.6 is 0 Å². The number of rotatable bonds is 2. The molecule has 0 radical (unpaired) electrons. The van der Waals surface area contributed by atoms with Gasteiger partial charge in [0.2, 0.25) is 0 Å². The van der Waals surface area contributed by atoms with Gasteiger partial charge in [0.1, 0.15) is 0 Å². The first-order valence-electron chi connectivity index (χ1n) is 4.89. The molecule has 70 valence electrons. The number of hydrogen-bond acceptors (Lipinski definition) is 3. The fourth-order valence-corrected chi connectivity index (χ4v) is 2.51. The van der Waals surface area contributed by atoms with E-state index in [1.54, 1.807) is 0 Å². The number of hydrogen-bond donors (Lipinski definition) is 2. The van der Waals surface area contributed by atoms with Crippen molar-refractivity contribution in [1.82, 2.24) is 10.2 Å². The SMILES string of the molecule is CCN1CC2CCC(CO)(C1)N2. The van der Waals surface area contributed by atoms with Gasteiger partial charge >= 0.3 is 0 Å². The van der Waals surface area contributed by atoms with Crippen molar-refractivity contribution in [1.29, 1.82) is 0 Å². The number of aliphatic hydroxyl groups excluding tert-OH is 1. The second-order valence-electron chi connectivity index (χ2n) is 4.15. The molecule has 0 aromatic rings. The topological polar surface area (TPSA) is 35.5 Å². The van der Waals surface area contributed by atoms with Gasteiger partial charge in [0, 0.05) is 19.1 Å². The van der Waals surface area contributed by atoms with Crippen molar-refractivity contribution < 1.29 is 5.11 Å². The van der Waals surface area contributed by atoms with Gasteiger partial charge < -0.3 is 15.3 Å². The lowest BCUT2D eigenvalue weighted by molar-refractivity contribution is 0.0895. The van der Waals surface area contributed by atoms with E-state index in [1.807, 2.05) is 0 Å². The molecule has 2 aliphatic rings. The highest BCUT2D eigenvalue weighted by molar-refractivity contribution is 5.04. The molecular formula is C9H18N2O. The van der Waals surface area contributed by atoms with Crippen LogP contribution in [0.5, 0.6) is 0 Å². The van der Waals surface area contributed by atoms with Crippen molar-refractivity contribution in [3.8, 4) is 0 Å². The van der Waals surface area contributed by atoms with E-state index < -0.39 is 0 Å². The third-order valence-corrected chi connectivity index (χ3v) is 3.24. The average Bonchev–Trinajstić information content (AvgIpc) is 2.43. The van der Waals surface area contributed by atoms with Crippen LogP contribution in [0.3, 0.4) is 0 Å². The summed E-state index contributed by atoms with van der Waals surface area (Å²) in [6.45, 7) is 5.78. The van der Waals surface area contributed by atoms with Crippen molar-refractivity contribution in [2.75, 3.05) is 26.2 Å². The Morgan fingerprint density at radius 1 is 1.67 bits per heavy atom. The molecule has 2 rings (SSSR count). The van der Waals surface area contributed by atoms with Crippen molar-refractivity contribution in [2.45, 2.75) is 31.3 Å². The predicted molar refractivity (Wildman–Crippen MR) is 48.1 cm³/mol. The summed E-state index contributed by atoms with van der Waals surface area (Å²) in [7, 11) is 0. The Hall–Kier alpha value is -0.120. The average molecular weight is 170 g/mol. The first-order valence-corrected chi connectivity index (χ1v) is 4.89. The largest absolute Gasteiger partial charge is 0.394 e. The molecule has 0 spiro atoms. The highest BCUT2D eigenvalue weighted by Gasteiger charge is 2.43. The zero-order chi connectivity index (χ0) is 8.60. The molecular weight excluding hydrogens is 152 g/mol. The minimum absolute atomic E-state index is 0.0406. The highest BCUT2D eigenvalue weighted by Crippen LogP contribution is 2.28. The molecule has 0 amide bonds. The lowest BCUT2D eigenvalue weighted by atomic mass is 9.98. The lowest BCUT2D eigenvalue weighted by Gasteiger charge is -2.39. The van der Waals surface area contributed by atoms with Gasteiger partial charge in [-0.25, -0.2) is 0 Å². The number of fused-ring (bicyclic) bond motifs is 2. The fourth-order valence-electron chi connectivity index (χ4n) is 2.51. The Bertz CT molecular complexity index is 174. The van der Waals surface area contributed by atoms with Gasteiger partial charge in [-0.1, -0.05) is 6.92 Å². The number of nitrogens with zero attached hydrogens (tertiary/aromatic N) is 1. The first kappa shape index (κ1) is 8.48. The minimum atomic E-state index is 0.0406. The molecule has 3 heteroatoms. The molecule has 2 unspecified atom stereocenters. The number of nitrogens with one attached hydrogen (secondary N) is 1. The van der Waals surface area contributed by atoms with Gasteiger partial charge in [0.15, 0.2) is 0 Å². The van der Waals surface area contributed by atoms with E-state index in [9.17, 15) is 5.11 Å². The van der Waals surface area contributed by atoms with E-state index in [0.29, 0.717) is 12.6 Å². The third-order valence-electron chi connectivity index (χ3n) is 3.24. The van der Waals surface area contributed by atoms with Crippen molar-refractivity contribution in [3.05, 3.63) is 0 Å². The molecule has 12 heavy (non-hydrogen) atoms. The summed E-state index contributed by atoms with van der Waals surface area (Å²) in [5.74, 6) is 0. The zero-order valence-electron chi connectivity index (χ0n) is 7.71. The lowest BCUT2D eigenvalue weighted by Crippen LogP contribution is -2.61. The van der Waals surface area contributed by atoms with Crippen LogP contribution < -0.4 is 5.32 Å². The smallest absolute Gasteiger partial charge is 0.0626 e. The van der Waals surface area contributed by atoms with Crippen molar-refractivity contribution in [3.63, 3.8) is 0 Å². The highest BCUT2D eigenvalue weighted by atomic mass is 16.3. The van der Waals surface area contributed by atoms with E-state index in [-0.39, 0.29) is 5.54 Å². The van der Waals surface area contributed by atoms with Gasteiger partial charge in [0.05, 0.1) is 12.1 Å². The van der Waals surface area contributed by atoms with Crippen LogP contribution in [0.4, 0.5) is 0 Å². The molecule has 2 N–H and O–H groups in total. The fraction of sp³-hybridized carbons (Fsp3) is 1.00. The van der Waals surface area contributed by atoms with Crippen LogP contribution in [0.1, 0.15) is 19.8 Å². The Labute approximate surface area is 73.8 Å². The Balaban J connectivity index is 2.07. The normalized spacial score (nSPS) is 42.0. The standard InChI is InChI=1S/C9H18N2O/c1-2-11-5-8-3-4-9(6-11,7-12)10-8/h8,10,12H,2-7H2,1H3. The van der Waals surface area contributed by atoms with Gasteiger partial charge in [-0.3, -0.25) is 0 Å². The summed E-state index contributed by atoms with van der Waals surface area (Å²) in [5.41, 5.74) is 0.0406. The zero-order valence-corrected chi connectivity index (χ0v) is 7.71. The molecule has 2 saturated heterocycles. The maximum Gasteiger partial charge on any atom is 0.0626 e. The van der Waals surface area contributed by atoms with Gasteiger partial charge in [0.25, 0.3) is 0 Å². The van der Waals surface area contributed by atoms with Crippen LogP contribution in [0.25, 0.3) is 0 Å². The van der Waals surface area contributed by atoms with Crippen molar-refractivity contribution >= 4 is 0 Å². The second-order valence-corrected chi connectivity index (χ2v) is 4.15. The van der Waals surface area contributed by atoms with E-state index >= 15 is 0 Å². The summed E-state index contributed by atoms with van der Waals surface area (Å²) in [6.07, 6.45) is 2.38. The monoisotopic (exact) mass is 170 g/mol. The van der Waals surface area contributed by atoms with Crippen LogP contribution in [0.15, 0.2) is 0 Å². The Morgan fingerprint density at radius 2 is 2.50 bits per heavy atom. The summed E-state index contributed by atoms with van der Waals surface area (Å²) in [4.78, 5) is 2.43. The summed E-state index contributed by atoms with van der Waals surface area (Å²) in [5, 5.41) is 12.8. The van der Waals surface area contributed by atoms with Gasteiger partial charge in [-0.15, -0.1) is 0 Å². The van der Waals surface area contributed by atoms with E-state index in [4.69, 9.17) is 0 Å². The molecule has 0 aromatic carbocycles. The first-order chi connectivity index (χ1) is 5.78. The molecule has 3 nitrogen and oxygen atoms in total. The molecule has 0 saturated carbocycles. The van der Waals surface area contributed by atoms with Crippen LogP contribution in [0.2, 0.25) is 0 Å². The number of likely N-dealkylation sites (tertiary alicyclic amines) is 1. The number of piperazine rings is 1. The molecule has 2 fully saturated rings. The summed E-state index contributed by atoms with van der Waals surface area (Å²) < 4.78 is 0. The van der Waals surface area contributed by atoms with E-state index in [0.717, 1.165) is 26.1 Å². The molecule has 0 aliphatic carbocycles. The molecule has 2 atom stereocenters. The number of likely N-dealkylation sites (N-methyl/N-ethyl adjacent to an activating group) is 1. The quantitative estimate of drug-likeness (QED) is 0.603. The number of aliphatic hydroxyl groups is 1. The predicted octanol–water partition coefficient (Wildman–Crippen LogP) is -0.195. The summed E-state index contributed by atoms with van der Waals surface area (Å²) >= 11 is 0. The Morgan fingerprint density at radius 3 is 3.17 bits per heavy atom.